The highest BCUT2D eigenvalue weighted by Gasteiger charge is 2.03. The first-order chi connectivity index (χ1) is 13.3. The Morgan fingerprint density at radius 2 is 1.70 bits per heavy atom. The van der Waals surface area contributed by atoms with Gasteiger partial charge in [-0.05, 0) is 30.9 Å². The highest BCUT2D eigenvalue weighted by atomic mass is 16.5. The molecule has 0 bridgehead atoms. The van der Waals surface area contributed by atoms with E-state index in [4.69, 9.17) is 9.47 Å². The van der Waals surface area contributed by atoms with E-state index in [1.54, 1.807) is 14.2 Å². The lowest BCUT2D eigenvalue weighted by atomic mass is 10.2. The van der Waals surface area contributed by atoms with Crippen LogP contribution in [-0.4, -0.2) is 39.9 Å². The van der Waals surface area contributed by atoms with Crippen LogP contribution in [0.2, 0.25) is 0 Å². The van der Waals surface area contributed by atoms with Gasteiger partial charge in [0.15, 0.2) is 5.96 Å². The molecule has 0 atom stereocenters. The molecule has 0 heterocycles. The van der Waals surface area contributed by atoms with Gasteiger partial charge in [0.2, 0.25) is 0 Å². The van der Waals surface area contributed by atoms with Crippen LogP contribution in [0.5, 0.6) is 5.75 Å². The molecule has 2 aromatic carbocycles. The fourth-order valence-electron chi connectivity index (χ4n) is 2.72. The summed E-state index contributed by atoms with van der Waals surface area (Å²) in [7, 11) is 3.47. The largest absolute Gasteiger partial charge is 0.496 e. The monoisotopic (exact) mass is 369 g/mol. The fourth-order valence-corrected chi connectivity index (χ4v) is 2.72. The molecule has 0 aliphatic rings. The van der Waals surface area contributed by atoms with E-state index < -0.39 is 0 Å². The van der Waals surface area contributed by atoms with E-state index in [0.29, 0.717) is 6.54 Å². The predicted octanol–water partition coefficient (Wildman–Crippen LogP) is 3.40. The Morgan fingerprint density at radius 3 is 2.48 bits per heavy atom. The normalized spacial score (nSPS) is 11.3. The Morgan fingerprint density at radius 1 is 0.926 bits per heavy atom. The summed E-state index contributed by atoms with van der Waals surface area (Å²) >= 11 is 0. The third kappa shape index (κ3) is 8.13. The molecule has 0 radical (unpaired) electrons. The van der Waals surface area contributed by atoms with E-state index in [9.17, 15) is 0 Å². The van der Waals surface area contributed by atoms with Gasteiger partial charge in [-0.1, -0.05) is 48.5 Å². The minimum atomic E-state index is 0.673. The molecule has 2 rings (SSSR count). The number of methoxy groups -OCH3 is 1. The minimum absolute atomic E-state index is 0.673. The molecule has 2 N–H and O–H groups in total. The molecule has 27 heavy (non-hydrogen) atoms. The summed E-state index contributed by atoms with van der Waals surface area (Å²) in [6.45, 7) is 3.11. The summed E-state index contributed by atoms with van der Waals surface area (Å²) in [5.74, 6) is 1.68. The zero-order valence-electron chi connectivity index (χ0n) is 16.4. The maximum Gasteiger partial charge on any atom is 0.191 e. The topological polar surface area (TPSA) is 54.9 Å². The zero-order chi connectivity index (χ0) is 19.2. The number of hydrogen-bond donors (Lipinski definition) is 2. The number of nitrogens with zero attached hydrogens (tertiary/aromatic N) is 1. The highest BCUT2D eigenvalue weighted by Crippen LogP contribution is 2.16. The van der Waals surface area contributed by atoms with Gasteiger partial charge in [-0.2, -0.15) is 0 Å². The van der Waals surface area contributed by atoms with Gasteiger partial charge in [0.1, 0.15) is 5.75 Å². The average Bonchev–Trinajstić information content (AvgIpc) is 2.73. The average molecular weight is 370 g/mol. The summed E-state index contributed by atoms with van der Waals surface area (Å²) in [6.07, 6.45) is 3.05. The molecule has 146 valence electrons. The summed E-state index contributed by atoms with van der Waals surface area (Å²) in [4.78, 5) is 4.26. The maximum absolute atomic E-state index is 5.71. The first kappa shape index (κ1) is 20.8. The van der Waals surface area contributed by atoms with Crippen molar-refractivity contribution < 1.29 is 9.47 Å². The second-order valence-corrected chi connectivity index (χ2v) is 6.22. The van der Waals surface area contributed by atoms with E-state index in [1.807, 2.05) is 30.3 Å². The molecule has 0 saturated heterocycles. The molecule has 0 fully saturated rings. The number of rotatable bonds is 11. The maximum atomic E-state index is 5.71. The zero-order valence-corrected chi connectivity index (χ0v) is 16.4. The first-order valence-corrected chi connectivity index (χ1v) is 9.51. The third-order valence-corrected chi connectivity index (χ3v) is 4.25. The molecular weight excluding hydrogens is 338 g/mol. The van der Waals surface area contributed by atoms with Gasteiger partial charge < -0.3 is 20.1 Å². The molecule has 0 aliphatic carbocycles. The van der Waals surface area contributed by atoms with Crippen molar-refractivity contribution in [3.8, 4) is 5.75 Å². The number of hydrogen-bond acceptors (Lipinski definition) is 3. The number of aliphatic imine (C=N–C) groups is 1. The van der Waals surface area contributed by atoms with Crippen LogP contribution in [0.4, 0.5) is 0 Å². The molecular formula is C22H31N3O2. The van der Waals surface area contributed by atoms with Crippen LogP contribution in [-0.2, 0) is 17.7 Å². The van der Waals surface area contributed by atoms with Gasteiger partial charge >= 0.3 is 0 Å². The summed E-state index contributed by atoms with van der Waals surface area (Å²) in [5.41, 5.74) is 2.43. The van der Waals surface area contributed by atoms with Crippen molar-refractivity contribution in [2.24, 2.45) is 4.99 Å². The van der Waals surface area contributed by atoms with Crippen molar-refractivity contribution in [3.05, 3.63) is 65.7 Å². The smallest absolute Gasteiger partial charge is 0.191 e. The Bertz CT molecular complexity index is 674. The van der Waals surface area contributed by atoms with Crippen LogP contribution in [0.3, 0.4) is 0 Å². The molecule has 0 aliphatic heterocycles. The molecule has 0 unspecified atom stereocenters. The van der Waals surface area contributed by atoms with E-state index in [0.717, 1.165) is 56.3 Å². The standard InChI is InChI=1S/C22H31N3O2/c1-23-22(25-18-20-12-6-7-13-21(20)26-2)24-15-8-9-16-27-17-14-19-10-4-3-5-11-19/h3-7,10-13H,8-9,14-18H2,1-2H3,(H2,23,24,25). The van der Waals surface area contributed by atoms with Crippen LogP contribution >= 0.6 is 0 Å². The minimum Gasteiger partial charge on any atom is -0.496 e. The number of benzene rings is 2. The Labute approximate surface area is 162 Å². The number of nitrogens with one attached hydrogen (secondary N) is 2. The van der Waals surface area contributed by atoms with Gasteiger partial charge in [-0.15, -0.1) is 0 Å². The van der Waals surface area contributed by atoms with Crippen LogP contribution < -0.4 is 15.4 Å². The quantitative estimate of drug-likeness (QED) is 0.362. The molecule has 0 aromatic heterocycles. The number of unbranched alkanes of at least 4 members (excludes halogenated alkanes) is 1. The first-order valence-electron chi connectivity index (χ1n) is 9.51. The van der Waals surface area contributed by atoms with E-state index in [-0.39, 0.29) is 0 Å². The Hall–Kier alpha value is -2.53. The fraction of sp³-hybridized carbons (Fsp3) is 0.409. The molecule has 2 aromatic rings. The number of guanidine groups is 1. The molecule has 5 nitrogen and oxygen atoms in total. The van der Waals surface area contributed by atoms with Crippen LogP contribution in [0.25, 0.3) is 0 Å². The third-order valence-electron chi connectivity index (χ3n) is 4.25. The van der Waals surface area contributed by atoms with Crippen LogP contribution in [0, 0.1) is 0 Å². The van der Waals surface area contributed by atoms with Crippen molar-refractivity contribution in [2.75, 3.05) is 33.9 Å². The number of para-hydroxylation sites is 1. The lowest BCUT2D eigenvalue weighted by Crippen LogP contribution is -2.37. The van der Waals surface area contributed by atoms with Gasteiger partial charge in [-0.3, -0.25) is 4.99 Å². The van der Waals surface area contributed by atoms with E-state index >= 15 is 0 Å². The van der Waals surface area contributed by atoms with Crippen molar-refractivity contribution in [1.29, 1.82) is 0 Å². The van der Waals surface area contributed by atoms with Crippen LogP contribution in [0.15, 0.2) is 59.6 Å². The Balaban J connectivity index is 1.53. The molecule has 0 saturated carbocycles. The van der Waals surface area contributed by atoms with E-state index in [2.05, 4.69) is 39.9 Å². The van der Waals surface area contributed by atoms with Crippen molar-refractivity contribution in [3.63, 3.8) is 0 Å². The second-order valence-electron chi connectivity index (χ2n) is 6.22. The molecule has 0 spiro atoms. The summed E-state index contributed by atoms with van der Waals surface area (Å²) in [5, 5.41) is 6.65. The second kappa shape index (κ2) is 12.8. The van der Waals surface area contributed by atoms with E-state index in [1.165, 1.54) is 5.56 Å². The molecule has 5 heteroatoms. The van der Waals surface area contributed by atoms with Crippen molar-refractivity contribution in [1.82, 2.24) is 10.6 Å². The van der Waals surface area contributed by atoms with Gasteiger partial charge in [0.05, 0.1) is 13.7 Å². The van der Waals surface area contributed by atoms with Gasteiger partial charge in [-0.25, -0.2) is 0 Å². The predicted molar refractivity (Wildman–Crippen MR) is 111 cm³/mol. The Kier molecular flexibility index (Phi) is 9.82. The van der Waals surface area contributed by atoms with Gasteiger partial charge in [0, 0.05) is 32.3 Å². The lowest BCUT2D eigenvalue weighted by Gasteiger charge is -2.13. The molecule has 0 amide bonds. The lowest BCUT2D eigenvalue weighted by molar-refractivity contribution is 0.133. The van der Waals surface area contributed by atoms with Crippen molar-refractivity contribution in [2.45, 2.75) is 25.8 Å². The van der Waals surface area contributed by atoms with Crippen LogP contribution in [0.1, 0.15) is 24.0 Å². The number of ether oxygens (including phenoxy) is 2. The van der Waals surface area contributed by atoms with Crippen molar-refractivity contribution >= 4 is 5.96 Å². The summed E-state index contributed by atoms with van der Waals surface area (Å²) in [6, 6.07) is 18.4. The highest BCUT2D eigenvalue weighted by molar-refractivity contribution is 5.79. The summed E-state index contributed by atoms with van der Waals surface area (Å²) < 4.78 is 11.1. The van der Waals surface area contributed by atoms with Gasteiger partial charge in [0.25, 0.3) is 0 Å². The SMILES string of the molecule is CN=C(NCCCCOCCc1ccccc1)NCc1ccccc1OC.